The lowest BCUT2D eigenvalue weighted by Crippen LogP contribution is -2.37. The van der Waals surface area contributed by atoms with Crippen molar-refractivity contribution in [3.05, 3.63) is 89.8 Å². The Morgan fingerprint density at radius 3 is 2.57 bits per heavy atom. The predicted molar refractivity (Wildman–Crippen MR) is 176 cm³/mol. The number of hydrogen-bond acceptors (Lipinski definition) is 9. The van der Waals surface area contributed by atoms with Crippen LogP contribution >= 0.6 is 55.1 Å². The molecule has 0 spiro atoms. The molecular weight excluding hydrogens is 709 g/mol. The van der Waals surface area contributed by atoms with Crippen molar-refractivity contribution in [2.45, 2.75) is 20.5 Å². The number of halogens is 4. The molecule has 5 rings (SSSR count). The summed E-state index contributed by atoms with van der Waals surface area (Å²) in [6, 6.07) is 15.3. The van der Waals surface area contributed by atoms with Crippen LogP contribution in [0.2, 0.25) is 10.0 Å². The van der Waals surface area contributed by atoms with Crippen LogP contribution in [0, 0.1) is 13.8 Å². The maximum absolute atomic E-state index is 6.35. The molecule has 0 aliphatic carbocycles. The molecule has 0 unspecified atom stereocenters. The van der Waals surface area contributed by atoms with Crippen molar-refractivity contribution in [3.63, 3.8) is 0 Å². The van der Waals surface area contributed by atoms with Crippen molar-refractivity contribution in [1.29, 1.82) is 0 Å². The third-order valence-corrected chi connectivity index (χ3v) is 7.98. The van der Waals surface area contributed by atoms with Crippen LogP contribution in [0.25, 0.3) is 0 Å². The average molecular weight is 736 g/mol. The van der Waals surface area contributed by atoms with Crippen molar-refractivity contribution < 1.29 is 9.47 Å². The van der Waals surface area contributed by atoms with Gasteiger partial charge in [0, 0.05) is 44.4 Å². The molecule has 1 aromatic heterocycles. The number of nitrogens with zero attached hydrogens (tertiary/aromatic N) is 5. The number of morpholine rings is 1. The summed E-state index contributed by atoms with van der Waals surface area (Å²) in [6.07, 6.45) is 1.64. The molecule has 13 heteroatoms. The smallest absolute Gasteiger partial charge is 0.250 e. The third kappa shape index (κ3) is 7.90. The first-order valence-corrected chi connectivity index (χ1v) is 15.4. The second kappa shape index (κ2) is 14.0. The second-order valence-electron chi connectivity index (χ2n) is 9.53. The number of benzene rings is 3. The second-order valence-corrected chi connectivity index (χ2v) is 12.1. The molecule has 0 bridgehead atoms. The highest BCUT2D eigenvalue weighted by Gasteiger charge is 2.17. The molecule has 0 amide bonds. The number of aromatic nitrogens is 3. The molecular formula is C29H27Br2Cl2N7O2. The van der Waals surface area contributed by atoms with Crippen molar-refractivity contribution >= 4 is 84.8 Å². The summed E-state index contributed by atoms with van der Waals surface area (Å²) in [5, 5.41) is 8.88. The van der Waals surface area contributed by atoms with Crippen LogP contribution < -0.4 is 20.4 Å². The van der Waals surface area contributed by atoms with E-state index in [1.165, 1.54) is 0 Å². The fourth-order valence-electron chi connectivity index (χ4n) is 4.14. The Balaban J connectivity index is 1.39. The van der Waals surface area contributed by atoms with Crippen LogP contribution in [0.15, 0.2) is 62.6 Å². The Hall–Kier alpha value is -2.96. The van der Waals surface area contributed by atoms with Gasteiger partial charge in [0.05, 0.1) is 23.9 Å². The van der Waals surface area contributed by atoms with Gasteiger partial charge in [0.1, 0.15) is 12.4 Å². The van der Waals surface area contributed by atoms with E-state index in [1.54, 1.807) is 18.3 Å². The molecule has 0 saturated carbocycles. The van der Waals surface area contributed by atoms with Crippen molar-refractivity contribution in [2.75, 3.05) is 41.9 Å². The summed E-state index contributed by atoms with van der Waals surface area (Å²) in [5.41, 5.74) is 7.62. The molecule has 3 aromatic carbocycles. The molecule has 42 heavy (non-hydrogen) atoms. The zero-order valence-electron chi connectivity index (χ0n) is 22.8. The van der Waals surface area contributed by atoms with Gasteiger partial charge in [-0.25, -0.2) is 5.43 Å². The summed E-state index contributed by atoms with van der Waals surface area (Å²) < 4.78 is 13.3. The molecule has 2 heterocycles. The van der Waals surface area contributed by atoms with Gasteiger partial charge in [-0.05, 0) is 71.2 Å². The fourth-order valence-corrected chi connectivity index (χ4v) is 5.98. The van der Waals surface area contributed by atoms with E-state index in [-0.39, 0.29) is 6.61 Å². The number of anilines is 4. The normalized spacial score (nSPS) is 13.4. The Bertz CT molecular complexity index is 1620. The molecule has 1 aliphatic rings. The van der Waals surface area contributed by atoms with Crippen LogP contribution in [0.4, 0.5) is 23.5 Å². The van der Waals surface area contributed by atoms with Crippen LogP contribution in [0.3, 0.4) is 0 Å². The summed E-state index contributed by atoms with van der Waals surface area (Å²) in [5.74, 6) is 1.83. The molecule has 9 nitrogen and oxygen atoms in total. The fraction of sp³-hybridized carbons (Fsp3) is 0.241. The van der Waals surface area contributed by atoms with Crippen molar-refractivity contribution in [3.8, 4) is 5.75 Å². The minimum atomic E-state index is 0.244. The van der Waals surface area contributed by atoms with Gasteiger partial charge in [-0.2, -0.15) is 20.1 Å². The monoisotopic (exact) mass is 733 g/mol. The highest BCUT2D eigenvalue weighted by Crippen LogP contribution is 2.33. The lowest BCUT2D eigenvalue weighted by atomic mass is 10.1. The van der Waals surface area contributed by atoms with Crippen LogP contribution in [-0.2, 0) is 11.3 Å². The van der Waals surface area contributed by atoms with E-state index in [9.17, 15) is 0 Å². The number of nitrogens with one attached hydrogen (secondary N) is 2. The quantitative estimate of drug-likeness (QED) is 0.132. The zero-order valence-corrected chi connectivity index (χ0v) is 27.5. The van der Waals surface area contributed by atoms with Gasteiger partial charge in [0.2, 0.25) is 17.8 Å². The number of ether oxygens (including phenoxy) is 2. The third-order valence-electron chi connectivity index (χ3n) is 6.35. The van der Waals surface area contributed by atoms with Gasteiger partial charge in [0.25, 0.3) is 0 Å². The number of aryl methyl sites for hydroxylation is 2. The summed E-state index contributed by atoms with van der Waals surface area (Å²) in [6.45, 7) is 6.89. The molecule has 0 atom stereocenters. The Kier molecular flexibility index (Phi) is 10.2. The molecule has 4 aromatic rings. The Morgan fingerprint density at radius 1 is 1.00 bits per heavy atom. The van der Waals surface area contributed by atoms with E-state index in [4.69, 9.17) is 32.7 Å². The summed E-state index contributed by atoms with van der Waals surface area (Å²) >= 11 is 19.5. The van der Waals surface area contributed by atoms with Gasteiger partial charge >= 0.3 is 0 Å². The van der Waals surface area contributed by atoms with Crippen molar-refractivity contribution in [1.82, 2.24) is 15.0 Å². The molecule has 218 valence electrons. The van der Waals surface area contributed by atoms with E-state index in [0.717, 1.165) is 31.3 Å². The summed E-state index contributed by atoms with van der Waals surface area (Å²) in [7, 11) is 0. The SMILES string of the molecule is Cc1ccc(C)c(Nc2nc(NN=Cc3cc(Br)cc(Br)c3OCc3ccc(Cl)cc3Cl)nc(N3CCOCC3)n2)c1. The molecule has 1 aliphatic heterocycles. The van der Waals surface area contributed by atoms with Gasteiger partial charge in [-0.15, -0.1) is 0 Å². The largest absolute Gasteiger partial charge is 0.487 e. The average Bonchev–Trinajstić information content (AvgIpc) is 2.96. The first-order valence-electron chi connectivity index (χ1n) is 13.0. The highest BCUT2D eigenvalue weighted by molar-refractivity contribution is 9.11. The summed E-state index contributed by atoms with van der Waals surface area (Å²) in [4.78, 5) is 16.0. The van der Waals surface area contributed by atoms with Crippen LogP contribution in [0.5, 0.6) is 5.75 Å². The minimum absolute atomic E-state index is 0.244. The Morgan fingerprint density at radius 2 is 1.79 bits per heavy atom. The first kappa shape index (κ1) is 30.5. The van der Waals surface area contributed by atoms with Gasteiger partial charge in [-0.3, -0.25) is 0 Å². The van der Waals surface area contributed by atoms with Crippen molar-refractivity contribution in [2.24, 2.45) is 5.10 Å². The molecule has 1 fully saturated rings. The molecule has 0 radical (unpaired) electrons. The number of hydrogen-bond donors (Lipinski definition) is 2. The topological polar surface area (TPSA) is 96.8 Å². The van der Waals surface area contributed by atoms with Gasteiger partial charge < -0.3 is 19.7 Å². The van der Waals surface area contributed by atoms with Gasteiger partial charge in [-0.1, -0.05) is 57.3 Å². The van der Waals surface area contributed by atoms with Crippen LogP contribution in [0.1, 0.15) is 22.3 Å². The maximum atomic E-state index is 6.35. The molecule has 2 N–H and O–H groups in total. The van der Waals surface area contributed by atoms with Crippen LogP contribution in [-0.4, -0.2) is 47.5 Å². The lowest BCUT2D eigenvalue weighted by Gasteiger charge is -2.27. The molecule has 1 saturated heterocycles. The zero-order chi connectivity index (χ0) is 29.6. The lowest BCUT2D eigenvalue weighted by molar-refractivity contribution is 0.122. The minimum Gasteiger partial charge on any atom is -0.487 e. The van der Waals surface area contributed by atoms with E-state index in [2.05, 4.69) is 85.8 Å². The van der Waals surface area contributed by atoms with E-state index < -0.39 is 0 Å². The highest BCUT2D eigenvalue weighted by atomic mass is 79.9. The predicted octanol–water partition coefficient (Wildman–Crippen LogP) is 7.93. The maximum Gasteiger partial charge on any atom is 0.250 e. The number of hydrazone groups is 1. The first-order chi connectivity index (χ1) is 20.2. The number of rotatable bonds is 9. The van der Waals surface area contributed by atoms with E-state index in [0.29, 0.717) is 65.5 Å². The van der Waals surface area contributed by atoms with Gasteiger partial charge in [0.15, 0.2) is 0 Å². The Labute approximate surface area is 270 Å². The van der Waals surface area contributed by atoms with E-state index in [1.807, 2.05) is 32.0 Å². The van der Waals surface area contributed by atoms with E-state index >= 15 is 0 Å². The standard InChI is InChI=1S/C29H27Br2Cl2N7O2/c1-17-3-4-18(2)25(11-17)35-27-36-28(38-29(37-27)40-7-9-41-10-8-40)39-34-15-20-12-21(30)13-23(31)26(20)42-16-19-5-6-22(32)14-24(19)33/h3-6,11-15H,7-10,16H2,1-2H3,(H2,35,36,37,38,39).